The molecule has 0 bridgehead atoms. The van der Waals surface area contributed by atoms with Crippen molar-refractivity contribution in [3.8, 4) is 0 Å². The second kappa shape index (κ2) is 11.2. The van der Waals surface area contributed by atoms with Crippen LogP contribution in [-0.2, 0) is 21.2 Å². The molecular weight excluding hydrogens is 430 g/mol. The lowest BCUT2D eigenvalue weighted by Gasteiger charge is -2.32. The Morgan fingerprint density at radius 3 is 2.45 bits per heavy atom. The molecular formula is C23H33N3O3S2. The Balaban J connectivity index is 1.41. The molecule has 1 aromatic carbocycles. The van der Waals surface area contributed by atoms with Gasteiger partial charge < -0.3 is 10.2 Å². The topological polar surface area (TPSA) is 78.5 Å². The van der Waals surface area contributed by atoms with Gasteiger partial charge in [0.2, 0.25) is 5.91 Å². The molecule has 0 radical (unpaired) electrons. The molecule has 170 valence electrons. The van der Waals surface area contributed by atoms with Crippen LogP contribution in [0.25, 0.3) is 0 Å². The van der Waals surface area contributed by atoms with E-state index in [4.69, 9.17) is 0 Å². The van der Waals surface area contributed by atoms with Crippen LogP contribution in [0.3, 0.4) is 0 Å². The summed E-state index contributed by atoms with van der Waals surface area (Å²) in [4.78, 5) is 15.1. The molecule has 1 aromatic heterocycles. The molecule has 8 heteroatoms. The molecule has 1 aliphatic rings. The van der Waals surface area contributed by atoms with Crippen LogP contribution in [0.5, 0.6) is 0 Å². The summed E-state index contributed by atoms with van der Waals surface area (Å²) in [7, 11) is -3.69. The van der Waals surface area contributed by atoms with Crippen LogP contribution in [0, 0.1) is 11.8 Å². The highest BCUT2D eigenvalue weighted by molar-refractivity contribution is 7.91. The smallest absolute Gasteiger partial charge is 0.250 e. The molecule has 1 amide bonds. The Labute approximate surface area is 190 Å². The Morgan fingerprint density at radius 1 is 1.13 bits per heavy atom. The Morgan fingerprint density at radius 2 is 1.84 bits per heavy atom. The summed E-state index contributed by atoms with van der Waals surface area (Å²) in [5.74, 6) is 0.294. The summed E-state index contributed by atoms with van der Waals surface area (Å²) in [6, 6.07) is 13.1. The molecule has 1 fully saturated rings. The third-order valence-electron chi connectivity index (χ3n) is 5.79. The summed E-state index contributed by atoms with van der Waals surface area (Å²) < 4.78 is 27.8. The Kier molecular flexibility index (Phi) is 8.66. The molecule has 3 rings (SSSR count). The number of rotatable bonds is 10. The van der Waals surface area contributed by atoms with Gasteiger partial charge in [0.05, 0.1) is 0 Å². The van der Waals surface area contributed by atoms with Crippen molar-refractivity contribution < 1.29 is 13.2 Å². The highest BCUT2D eigenvalue weighted by Crippen LogP contribution is 2.21. The number of nitrogens with zero attached hydrogens (tertiary/aromatic N) is 1. The fourth-order valence-corrected chi connectivity index (χ4v) is 6.30. The fraction of sp³-hybridized carbons (Fsp3) is 0.522. The standard InChI is InChI=1S/C23H33N3O3S2/c1-18(2)22(25-31(28,29)21-9-6-16-30-21)23(27)24-12-15-26-13-10-20(11-14-26)17-19-7-4-3-5-8-19/h3-9,16,18,20,22,25H,10-15,17H2,1-2H3,(H,24,27). The summed E-state index contributed by atoms with van der Waals surface area (Å²) in [6.45, 7) is 7.06. The van der Waals surface area contributed by atoms with Crippen LogP contribution < -0.4 is 10.0 Å². The maximum atomic E-state index is 12.7. The zero-order chi connectivity index (χ0) is 22.3. The van der Waals surface area contributed by atoms with Crippen LogP contribution in [0.2, 0.25) is 0 Å². The van der Waals surface area contributed by atoms with Crippen molar-refractivity contribution in [2.24, 2.45) is 11.8 Å². The number of nitrogens with one attached hydrogen (secondary N) is 2. The van der Waals surface area contributed by atoms with Crippen molar-refractivity contribution in [3.05, 3.63) is 53.4 Å². The molecule has 1 aliphatic heterocycles. The normalized spacial score (nSPS) is 17.0. The van der Waals surface area contributed by atoms with Crippen molar-refractivity contribution in [2.45, 2.75) is 43.4 Å². The summed E-state index contributed by atoms with van der Waals surface area (Å²) >= 11 is 1.14. The number of sulfonamides is 1. The number of carbonyl (C=O) groups excluding carboxylic acids is 1. The molecule has 1 atom stereocenters. The molecule has 2 N–H and O–H groups in total. The lowest BCUT2D eigenvalue weighted by Crippen LogP contribution is -2.51. The van der Waals surface area contributed by atoms with Gasteiger partial charge in [-0.3, -0.25) is 4.79 Å². The van der Waals surface area contributed by atoms with Crippen molar-refractivity contribution in [3.63, 3.8) is 0 Å². The van der Waals surface area contributed by atoms with Crippen molar-refractivity contribution in [2.75, 3.05) is 26.2 Å². The van der Waals surface area contributed by atoms with Crippen LogP contribution in [0.1, 0.15) is 32.3 Å². The lowest BCUT2D eigenvalue weighted by atomic mass is 9.90. The van der Waals surface area contributed by atoms with Gasteiger partial charge in [-0.05, 0) is 61.2 Å². The minimum absolute atomic E-state index is 0.150. The van der Waals surface area contributed by atoms with E-state index in [1.54, 1.807) is 17.5 Å². The van der Waals surface area contributed by atoms with Gasteiger partial charge in [-0.1, -0.05) is 50.2 Å². The number of benzene rings is 1. The SMILES string of the molecule is CC(C)C(NS(=O)(=O)c1cccs1)C(=O)NCCN1CCC(Cc2ccccc2)CC1. The molecule has 0 saturated carbocycles. The van der Waals surface area contributed by atoms with E-state index in [-0.39, 0.29) is 16.0 Å². The number of amides is 1. The number of likely N-dealkylation sites (tertiary alicyclic amines) is 1. The molecule has 2 aromatic rings. The maximum absolute atomic E-state index is 12.7. The van der Waals surface area contributed by atoms with Crippen molar-refractivity contribution in [1.29, 1.82) is 0 Å². The Hall–Kier alpha value is -1.74. The van der Waals surface area contributed by atoms with Crippen molar-refractivity contribution >= 4 is 27.3 Å². The molecule has 0 aliphatic carbocycles. The summed E-state index contributed by atoms with van der Waals surface area (Å²) in [5.41, 5.74) is 1.40. The van der Waals surface area contributed by atoms with Crippen molar-refractivity contribution in [1.82, 2.24) is 14.9 Å². The average molecular weight is 464 g/mol. The average Bonchev–Trinajstić information content (AvgIpc) is 3.30. The maximum Gasteiger partial charge on any atom is 0.250 e. The predicted molar refractivity (Wildman–Crippen MR) is 126 cm³/mol. The van der Waals surface area contributed by atoms with E-state index in [9.17, 15) is 13.2 Å². The third kappa shape index (κ3) is 7.14. The minimum Gasteiger partial charge on any atom is -0.353 e. The van der Waals surface area contributed by atoms with E-state index < -0.39 is 16.1 Å². The van der Waals surface area contributed by atoms with Crippen LogP contribution in [0.15, 0.2) is 52.1 Å². The number of piperidine rings is 1. The molecule has 6 nitrogen and oxygen atoms in total. The number of carbonyl (C=O) groups is 1. The first kappa shape index (κ1) is 23.9. The van der Waals surface area contributed by atoms with Gasteiger partial charge in [0.25, 0.3) is 10.0 Å². The van der Waals surface area contributed by atoms with E-state index in [1.165, 1.54) is 5.56 Å². The quantitative estimate of drug-likeness (QED) is 0.568. The molecule has 2 heterocycles. The third-order valence-corrected chi connectivity index (χ3v) is 8.63. The fourth-order valence-electron chi connectivity index (χ4n) is 3.94. The van der Waals surface area contributed by atoms with Gasteiger partial charge in [0.1, 0.15) is 10.3 Å². The molecule has 1 unspecified atom stereocenters. The summed E-state index contributed by atoms with van der Waals surface area (Å²) in [5, 5.41) is 4.64. The second-order valence-corrected chi connectivity index (χ2v) is 11.4. The number of thiophene rings is 1. The zero-order valence-electron chi connectivity index (χ0n) is 18.3. The van der Waals surface area contributed by atoms with Gasteiger partial charge >= 0.3 is 0 Å². The first-order valence-corrected chi connectivity index (χ1v) is 13.3. The minimum atomic E-state index is -3.69. The highest BCUT2D eigenvalue weighted by Gasteiger charge is 2.29. The van der Waals surface area contributed by atoms with Gasteiger partial charge in [-0.2, -0.15) is 4.72 Å². The number of hydrogen-bond acceptors (Lipinski definition) is 5. The van der Waals surface area contributed by atoms with E-state index in [2.05, 4.69) is 45.3 Å². The molecule has 0 spiro atoms. The van der Waals surface area contributed by atoms with Crippen LogP contribution >= 0.6 is 11.3 Å². The van der Waals surface area contributed by atoms with Gasteiger partial charge in [0.15, 0.2) is 0 Å². The second-order valence-electron chi connectivity index (χ2n) is 8.54. The van der Waals surface area contributed by atoms with E-state index in [0.717, 1.165) is 50.2 Å². The van der Waals surface area contributed by atoms with Crippen LogP contribution in [0.4, 0.5) is 0 Å². The number of hydrogen-bond donors (Lipinski definition) is 2. The monoisotopic (exact) mass is 463 g/mol. The highest BCUT2D eigenvalue weighted by atomic mass is 32.2. The van der Waals surface area contributed by atoms with Crippen LogP contribution in [-0.4, -0.2) is 51.4 Å². The summed E-state index contributed by atoms with van der Waals surface area (Å²) in [6.07, 6.45) is 3.46. The van der Waals surface area contributed by atoms with Gasteiger partial charge in [-0.25, -0.2) is 8.42 Å². The van der Waals surface area contributed by atoms with Gasteiger partial charge in [0, 0.05) is 13.1 Å². The first-order chi connectivity index (χ1) is 14.8. The Bertz CT molecular complexity index is 907. The molecule has 1 saturated heterocycles. The van der Waals surface area contributed by atoms with E-state index >= 15 is 0 Å². The zero-order valence-corrected chi connectivity index (χ0v) is 19.9. The van der Waals surface area contributed by atoms with Gasteiger partial charge in [-0.15, -0.1) is 11.3 Å². The lowest BCUT2D eigenvalue weighted by molar-refractivity contribution is -0.123. The van der Waals surface area contributed by atoms with E-state index in [1.807, 2.05) is 13.8 Å². The largest absolute Gasteiger partial charge is 0.353 e. The van der Waals surface area contributed by atoms with E-state index in [0.29, 0.717) is 12.5 Å². The predicted octanol–water partition coefficient (Wildman–Crippen LogP) is 3.12. The first-order valence-electron chi connectivity index (χ1n) is 10.9. The molecule has 31 heavy (non-hydrogen) atoms.